The highest BCUT2D eigenvalue weighted by Crippen LogP contribution is 2.22. The van der Waals surface area contributed by atoms with Crippen LogP contribution in [0.3, 0.4) is 0 Å². The van der Waals surface area contributed by atoms with Crippen molar-refractivity contribution in [3.05, 3.63) is 69.8 Å². The number of nitrogens with one attached hydrogen (secondary N) is 1. The Balaban J connectivity index is 1.75. The molecule has 0 aromatic heterocycles. The maximum atomic E-state index is 13.0. The van der Waals surface area contributed by atoms with E-state index in [1.807, 2.05) is 0 Å². The van der Waals surface area contributed by atoms with E-state index >= 15 is 0 Å². The Morgan fingerprint density at radius 2 is 1.73 bits per heavy atom. The van der Waals surface area contributed by atoms with Crippen LogP contribution in [0.5, 0.6) is 0 Å². The van der Waals surface area contributed by atoms with Gasteiger partial charge in [0.25, 0.3) is 5.91 Å². The van der Waals surface area contributed by atoms with E-state index in [9.17, 15) is 9.18 Å². The van der Waals surface area contributed by atoms with Crippen LogP contribution in [0.4, 0.5) is 4.39 Å². The fourth-order valence-corrected chi connectivity index (χ4v) is 3.49. The molecule has 0 aliphatic heterocycles. The third-order valence-electron chi connectivity index (χ3n) is 4.57. The smallest absolute Gasteiger partial charge is 0.255 e. The number of hydrogen-bond acceptors (Lipinski definition) is 1. The van der Waals surface area contributed by atoms with Gasteiger partial charge in [-0.1, -0.05) is 23.8 Å². The van der Waals surface area contributed by atoms with E-state index in [0.717, 1.165) is 36.6 Å². The van der Waals surface area contributed by atoms with Gasteiger partial charge in [-0.2, -0.15) is 0 Å². The molecular weight excluding hydrogens is 277 g/mol. The van der Waals surface area contributed by atoms with Crippen molar-refractivity contribution in [1.29, 1.82) is 0 Å². The van der Waals surface area contributed by atoms with Gasteiger partial charge in [-0.05, 0) is 60.7 Å². The van der Waals surface area contributed by atoms with Gasteiger partial charge < -0.3 is 5.32 Å². The first-order valence-electron chi connectivity index (χ1n) is 7.62. The summed E-state index contributed by atoms with van der Waals surface area (Å²) < 4.78 is 13.0. The Morgan fingerprint density at radius 3 is 2.55 bits per heavy atom. The SMILES string of the molecule is O=C(NC1=c2cccc3c2=C(CC1)CC3)c1ccc(F)cc1. The molecule has 3 heteroatoms. The number of carbonyl (C=O) groups excluding carboxylic acids is 1. The maximum Gasteiger partial charge on any atom is 0.255 e. The topological polar surface area (TPSA) is 29.1 Å². The second kappa shape index (κ2) is 5.09. The molecule has 2 aromatic carbocycles. The standard InChI is InChI=1S/C19H16FNO/c20-15-9-6-14(7-10-15)19(22)21-17-11-8-13-5-4-12-2-1-3-16(17)18(12)13/h1-3,6-7,9-10H,4-5,8,11H2,(H,21,22). The molecule has 0 unspecified atom stereocenters. The van der Waals surface area contributed by atoms with Crippen molar-refractivity contribution >= 4 is 17.2 Å². The molecule has 0 saturated heterocycles. The lowest BCUT2D eigenvalue weighted by Crippen LogP contribution is -2.38. The molecule has 2 nitrogen and oxygen atoms in total. The van der Waals surface area contributed by atoms with E-state index in [4.69, 9.17) is 0 Å². The Morgan fingerprint density at radius 1 is 0.955 bits per heavy atom. The molecular formula is C19H16FNO. The van der Waals surface area contributed by atoms with Crippen molar-refractivity contribution in [3.63, 3.8) is 0 Å². The summed E-state index contributed by atoms with van der Waals surface area (Å²) in [6.07, 6.45) is 4.13. The van der Waals surface area contributed by atoms with Crippen molar-refractivity contribution in [3.8, 4) is 0 Å². The zero-order chi connectivity index (χ0) is 15.1. The predicted molar refractivity (Wildman–Crippen MR) is 83.9 cm³/mol. The fraction of sp³-hybridized carbons (Fsp3) is 0.211. The highest BCUT2D eigenvalue weighted by atomic mass is 19.1. The van der Waals surface area contributed by atoms with Crippen LogP contribution in [-0.2, 0) is 6.42 Å². The summed E-state index contributed by atoms with van der Waals surface area (Å²) in [6, 6.07) is 12.0. The molecule has 0 radical (unpaired) electrons. The van der Waals surface area contributed by atoms with Crippen molar-refractivity contribution in [2.45, 2.75) is 25.7 Å². The Bertz CT molecular complexity index is 881. The summed E-state index contributed by atoms with van der Waals surface area (Å²) in [5, 5.41) is 5.54. The number of hydrogen-bond donors (Lipinski definition) is 1. The van der Waals surface area contributed by atoms with Crippen molar-refractivity contribution < 1.29 is 9.18 Å². The molecule has 0 atom stereocenters. The normalized spacial score (nSPS) is 15.7. The van der Waals surface area contributed by atoms with Crippen molar-refractivity contribution in [1.82, 2.24) is 5.32 Å². The van der Waals surface area contributed by atoms with Gasteiger partial charge in [0, 0.05) is 16.5 Å². The Hall–Kier alpha value is -2.42. The van der Waals surface area contributed by atoms with Crippen LogP contribution in [-0.4, -0.2) is 5.91 Å². The minimum atomic E-state index is -0.331. The molecule has 2 aliphatic rings. The highest BCUT2D eigenvalue weighted by molar-refractivity contribution is 5.98. The van der Waals surface area contributed by atoms with Crippen LogP contribution in [0.15, 0.2) is 42.5 Å². The summed E-state index contributed by atoms with van der Waals surface area (Å²) in [5.41, 5.74) is 4.37. The minimum absolute atomic E-state index is 0.172. The predicted octanol–water partition coefficient (Wildman–Crippen LogP) is 2.25. The largest absolute Gasteiger partial charge is 0.325 e. The summed E-state index contributed by atoms with van der Waals surface area (Å²) in [4.78, 5) is 12.4. The molecule has 0 saturated carbocycles. The third kappa shape index (κ3) is 2.13. The molecule has 22 heavy (non-hydrogen) atoms. The van der Waals surface area contributed by atoms with E-state index < -0.39 is 0 Å². The third-order valence-corrected chi connectivity index (χ3v) is 4.57. The maximum absolute atomic E-state index is 13.0. The second-order valence-corrected chi connectivity index (χ2v) is 5.88. The molecule has 2 aromatic rings. The molecule has 2 aliphatic carbocycles. The molecule has 0 spiro atoms. The molecule has 0 heterocycles. The molecule has 4 rings (SSSR count). The first kappa shape index (κ1) is 13.3. The van der Waals surface area contributed by atoms with Gasteiger partial charge >= 0.3 is 0 Å². The minimum Gasteiger partial charge on any atom is -0.325 e. The molecule has 0 fully saturated rings. The number of aryl methyl sites for hydroxylation is 1. The van der Waals surface area contributed by atoms with E-state index in [-0.39, 0.29) is 11.7 Å². The van der Waals surface area contributed by atoms with Gasteiger partial charge in [-0.3, -0.25) is 4.79 Å². The van der Waals surface area contributed by atoms with Crippen LogP contribution in [0.25, 0.3) is 11.3 Å². The molecule has 110 valence electrons. The summed E-state index contributed by atoms with van der Waals surface area (Å²) in [5.74, 6) is -0.504. The number of carbonyl (C=O) groups is 1. The van der Waals surface area contributed by atoms with Crippen molar-refractivity contribution in [2.24, 2.45) is 0 Å². The van der Waals surface area contributed by atoms with Crippen molar-refractivity contribution in [2.75, 3.05) is 0 Å². The molecule has 1 N–H and O–H groups in total. The Kier molecular flexibility index (Phi) is 3.07. The van der Waals surface area contributed by atoms with E-state index in [1.165, 1.54) is 40.6 Å². The zero-order valence-corrected chi connectivity index (χ0v) is 12.2. The van der Waals surface area contributed by atoms with Crippen LogP contribution >= 0.6 is 0 Å². The number of benzene rings is 2. The van der Waals surface area contributed by atoms with E-state index in [1.54, 1.807) is 0 Å². The van der Waals surface area contributed by atoms with Crippen LogP contribution in [0.1, 0.15) is 35.2 Å². The average molecular weight is 293 g/mol. The zero-order valence-electron chi connectivity index (χ0n) is 12.2. The summed E-state index contributed by atoms with van der Waals surface area (Å²) in [6.45, 7) is 0. The summed E-state index contributed by atoms with van der Waals surface area (Å²) >= 11 is 0. The number of amides is 1. The summed E-state index contributed by atoms with van der Waals surface area (Å²) in [7, 11) is 0. The van der Waals surface area contributed by atoms with Gasteiger partial charge in [0.15, 0.2) is 0 Å². The van der Waals surface area contributed by atoms with Gasteiger partial charge in [0.05, 0.1) is 0 Å². The van der Waals surface area contributed by atoms with Crippen LogP contribution < -0.4 is 15.8 Å². The van der Waals surface area contributed by atoms with Crippen LogP contribution in [0.2, 0.25) is 0 Å². The lowest BCUT2D eigenvalue weighted by molar-refractivity contribution is 0.0972. The number of halogens is 1. The van der Waals surface area contributed by atoms with Gasteiger partial charge in [0.2, 0.25) is 0 Å². The molecule has 0 bridgehead atoms. The second-order valence-electron chi connectivity index (χ2n) is 5.88. The van der Waals surface area contributed by atoms with Gasteiger partial charge in [-0.15, -0.1) is 0 Å². The first-order chi connectivity index (χ1) is 10.7. The van der Waals surface area contributed by atoms with E-state index in [2.05, 4.69) is 23.5 Å². The lowest BCUT2D eigenvalue weighted by atomic mass is 9.98. The average Bonchev–Trinajstić information content (AvgIpc) is 2.95. The van der Waals surface area contributed by atoms with Gasteiger partial charge in [-0.25, -0.2) is 4.39 Å². The monoisotopic (exact) mass is 293 g/mol. The number of rotatable bonds is 2. The van der Waals surface area contributed by atoms with Crippen LogP contribution in [0, 0.1) is 5.82 Å². The molecule has 1 amide bonds. The van der Waals surface area contributed by atoms with E-state index in [0.29, 0.717) is 5.56 Å². The lowest BCUT2D eigenvalue weighted by Gasteiger charge is -2.15. The van der Waals surface area contributed by atoms with Gasteiger partial charge in [0.1, 0.15) is 5.82 Å². The quantitative estimate of drug-likeness (QED) is 0.904. The Labute approximate surface area is 128 Å². The first-order valence-corrected chi connectivity index (χ1v) is 7.62. The highest BCUT2D eigenvalue weighted by Gasteiger charge is 2.19. The fourth-order valence-electron chi connectivity index (χ4n) is 3.49.